The fourth-order valence-electron chi connectivity index (χ4n) is 5.73. The first-order chi connectivity index (χ1) is 16.3. The Bertz CT molecular complexity index is 976. The first kappa shape index (κ1) is 25.0. The number of aliphatic hydroxyl groups excluding tert-OH is 1. The third kappa shape index (κ3) is 5.76. The van der Waals surface area contributed by atoms with Crippen LogP contribution in [0.25, 0.3) is 0 Å². The molecule has 4 atom stereocenters. The zero-order valence-corrected chi connectivity index (χ0v) is 21.6. The second-order valence-corrected chi connectivity index (χ2v) is 14.3. The molecule has 0 radical (unpaired) electrons. The number of aromatic nitrogens is 3. The minimum absolute atomic E-state index is 0.00860. The average molecular weight is 487 g/mol. The van der Waals surface area contributed by atoms with Crippen molar-refractivity contribution < 1.29 is 19.4 Å². The summed E-state index contributed by atoms with van der Waals surface area (Å²) in [7, 11) is -2.43. The highest BCUT2D eigenvalue weighted by atomic mass is 28.4. The molecule has 3 heterocycles. The molecule has 2 fully saturated rings. The van der Waals surface area contributed by atoms with Crippen LogP contribution in [0.2, 0.25) is 18.6 Å². The summed E-state index contributed by atoms with van der Waals surface area (Å²) in [4.78, 5) is 25.1. The van der Waals surface area contributed by atoms with Crippen LogP contribution in [0.5, 0.6) is 0 Å². The van der Waals surface area contributed by atoms with Crippen LogP contribution >= 0.6 is 0 Å². The molecule has 0 spiro atoms. The third-order valence-electron chi connectivity index (χ3n) is 7.33. The Balaban J connectivity index is 1.38. The van der Waals surface area contributed by atoms with E-state index in [0.29, 0.717) is 19.4 Å². The maximum Gasteiger partial charge on any atom is 0.227 e. The summed E-state index contributed by atoms with van der Waals surface area (Å²) >= 11 is 0. The Morgan fingerprint density at radius 2 is 2.03 bits per heavy atom. The monoisotopic (exact) mass is 486 g/mol. The Labute approximate surface area is 203 Å². The zero-order chi connectivity index (χ0) is 24.3. The van der Waals surface area contributed by atoms with Crippen LogP contribution in [-0.2, 0) is 28.9 Å². The molecule has 34 heavy (non-hydrogen) atoms. The van der Waals surface area contributed by atoms with Crippen molar-refractivity contribution in [1.82, 2.24) is 15.0 Å². The van der Waals surface area contributed by atoms with Crippen molar-refractivity contribution in [3.63, 3.8) is 0 Å². The van der Waals surface area contributed by atoms with Gasteiger partial charge in [0.15, 0.2) is 8.32 Å². The minimum atomic E-state index is -2.43. The number of benzene rings is 1. The maximum absolute atomic E-state index is 12.1. The predicted molar refractivity (Wildman–Crippen MR) is 133 cm³/mol. The smallest absolute Gasteiger partial charge is 0.227 e. The van der Waals surface area contributed by atoms with Crippen molar-refractivity contribution in [2.24, 2.45) is 5.92 Å². The van der Waals surface area contributed by atoms with Gasteiger partial charge in [-0.25, -0.2) is 0 Å². The van der Waals surface area contributed by atoms with Crippen LogP contribution in [0.3, 0.4) is 0 Å². The molecule has 186 valence electrons. The van der Waals surface area contributed by atoms with E-state index in [0.717, 1.165) is 43.6 Å². The second kappa shape index (κ2) is 10.7. The molecule has 8 nitrogen and oxygen atoms in total. The van der Waals surface area contributed by atoms with Crippen molar-refractivity contribution in [3.05, 3.63) is 41.7 Å². The molecule has 1 amide bonds. The molecule has 2 N–H and O–H groups in total. The average Bonchev–Trinajstić information content (AvgIpc) is 3.50. The molecule has 2 saturated heterocycles. The summed E-state index contributed by atoms with van der Waals surface area (Å²) in [6.07, 6.45) is 6.57. The summed E-state index contributed by atoms with van der Waals surface area (Å²) in [5.41, 5.74) is 3.15. The molecular weight excluding hydrogens is 448 g/mol. The van der Waals surface area contributed by atoms with Gasteiger partial charge in [-0.05, 0) is 62.4 Å². The number of carbonyl (C=O) groups excluding carboxylic acids is 1. The van der Waals surface area contributed by atoms with E-state index >= 15 is 0 Å². The standard InChI is InChI=1S/C25H38N4O4Si/c1-18-22(10-9-19-6-4-7-21(16-19)29-13-5-8-24(29)31)33-23(25(18)34(2,3)32)11-14-28-17-20(12-15-30)26-27-28/h4,6-7,16-18,22-23,25,30,32H,5,8-15H2,1-3H3/t18-,22+,23-,25+/m0/s1. The van der Waals surface area contributed by atoms with E-state index in [2.05, 4.69) is 29.4 Å². The number of aryl methyl sites for hydroxylation is 2. The van der Waals surface area contributed by atoms with E-state index in [1.165, 1.54) is 5.56 Å². The molecular formula is C25H38N4O4Si. The van der Waals surface area contributed by atoms with Crippen molar-refractivity contribution in [2.45, 2.75) is 82.8 Å². The lowest BCUT2D eigenvalue weighted by molar-refractivity contribution is -0.117. The van der Waals surface area contributed by atoms with Gasteiger partial charge in [0, 0.05) is 50.0 Å². The molecule has 1 aromatic carbocycles. The van der Waals surface area contributed by atoms with E-state index in [-0.39, 0.29) is 36.2 Å². The number of hydrogen-bond acceptors (Lipinski definition) is 6. The molecule has 0 unspecified atom stereocenters. The lowest BCUT2D eigenvalue weighted by Crippen LogP contribution is -2.40. The number of hydrogen-bond donors (Lipinski definition) is 2. The van der Waals surface area contributed by atoms with Crippen LogP contribution in [0, 0.1) is 5.92 Å². The molecule has 0 bridgehead atoms. The molecule has 0 aliphatic carbocycles. The highest BCUT2D eigenvalue weighted by Crippen LogP contribution is 2.45. The lowest BCUT2D eigenvalue weighted by Gasteiger charge is -2.30. The highest BCUT2D eigenvalue weighted by molar-refractivity contribution is 6.71. The number of amides is 1. The largest absolute Gasteiger partial charge is 0.432 e. The zero-order valence-electron chi connectivity index (χ0n) is 20.6. The van der Waals surface area contributed by atoms with E-state index in [1.807, 2.05) is 36.3 Å². The number of aliphatic hydroxyl groups is 1. The first-order valence-electron chi connectivity index (χ1n) is 12.5. The summed E-state index contributed by atoms with van der Waals surface area (Å²) in [5.74, 6) is 0.488. The second-order valence-electron chi connectivity index (χ2n) is 10.3. The number of rotatable bonds is 10. The minimum Gasteiger partial charge on any atom is -0.432 e. The number of nitrogens with zero attached hydrogens (tertiary/aromatic N) is 4. The number of anilines is 1. The summed E-state index contributed by atoms with van der Waals surface area (Å²) < 4.78 is 8.37. The van der Waals surface area contributed by atoms with Gasteiger partial charge in [0.2, 0.25) is 5.91 Å². The fourth-order valence-corrected chi connectivity index (χ4v) is 8.38. The molecule has 2 aliphatic rings. The van der Waals surface area contributed by atoms with Crippen LogP contribution in [0.15, 0.2) is 30.5 Å². The summed E-state index contributed by atoms with van der Waals surface area (Å²) in [5, 5.41) is 17.4. The fraction of sp³-hybridized carbons (Fsp3) is 0.640. The van der Waals surface area contributed by atoms with Gasteiger partial charge in [-0.2, -0.15) is 0 Å². The molecule has 1 aromatic heterocycles. The highest BCUT2D eigenvalue weighted by Gasteiger charge is 2.49. The topological polar surface area (TPSA) is 101 Å². The van der Waals surface area contributed by atoms with E-state index < -0.39 is 8.32 Å². The van der Waals surface area contributed by atoms with Gasteiger partial charge in [0.1, 0.15) is 0 Å². The Morgan fingerprint density at radius 1 is 1.21 bits per heavy atom. The molecule has 4 rings (SSSR count). The van der Waals surface area contributed by atoms with Crippen LogP contribution in [0.1, 0.15) is 43.9 Å². The molecule has 2 aliphatic heterocycles. The lowest BCUT2D eigenvalue weighted by atomic mass is 9.95. The normalized spacial score (nSPS) is 25.4. The molecule has 9 heteroatoms. The van der Waals surface area contributed by atoms with Gasteiger partial charge < -0.3 is 19.5 Å². The van der Waals surface area contributed by atoms with Crippen molar-refractivity contribution >= 4 is 19.9 Å². The van der Waals surface area contributed by atoms with Gasteiger partial charge in [-0.3, -0.25) is 9.48 Å². The van der Waals surface area contributed by atoms with Crippen LogP contribution < -0.4 is 4.90 Å². The third-order valence-corrected chi connectivity index (χ3v) is 9.86. The first-order valence-corrected chi connectivity index (χ1v) is 15.6. The number of carbonyl (C=O) groups is 1. The number of ether oxygens (including phenoxy) is 1. The molecule has 0 saturated carbocycles. The predicted octanol–water partition coefficient (Wildman–Crippen LogP) is 2.93. The Kier molecular flexibility index (Phi) is 7.86. The van der Waals surface area contributed by atoms with Crippen molar-refractivity contribution in [2.75, 3.05) is 18.1 Å². The Hall–Kier alpha value is -2.07. The van der Waals surface area contributed by atoms with E-state index in [9.17, 15) is 9.59 Å². The van der Waals surface area contributed by atoms with Gasteiger partial charge in [0.25, 0.3) is 0 Å². The van der Waals surface area contributed by atoms with Crippen LogP contribution in [-0.4, -0.2) is 64.5 Å². The van der Waals surface area contributed by atoms with Crippen molar-refractivity contribution in [1.29, 1.82) is 0 Å². The molecule has 2 aromatic rings. The quantitative estimate of drug-likeness (QED) is 0.501. The maximum atomic E-state index is 12.1. The van der Waals surface area contributed by atoms with E-state index in [1.54, 1.807) is 4.68 Å². The summed E-state index contributed by atoms with van der Waals surface area (Å²) in [6.45, 7) is 7.78. The van der Waals surface area contributed by atoms with Crippen molar-refractivity contribution in [3.8, 4) is 0 Å². The van der Waals surface area contributed by atoms with Gasteiger partial charge in [0.05, 0.1) is 17.9 Å². The van der Waals surface area contributed by atoms with E-state index in [4.69, 9.17) is 9.84 Å². The van der Waals surface area contributed by atoms with Gasteiger partial charge in [-0.15, -0.1) is 5.10 Å². The van der Waals surface area contributed by atoms with Crippen LogP contribution in [0.4, 0.5) is 5.69 Å². The Morgan fingerprint density at radius 3 is 2.74 bits per heavy atom. The van der Waals surface area contributed by atoms with Gasteiger partial charge in [-0.1, -0.05) is 24.3 Å². The summed E-state index contributed by atoms with van der Waals surface area (Å²) in [6, 6.07) is 8.31. The van der Waals surface area contributed by atoms with Gasteiger partial charge >= 0.3 is 0 Å². The SMILES string of the molecule is C[C@@H]1[C@@H]([Si](C)(C)O)[C@H](CCn2cc(CCO)nn2)O[C@@H]1CCc1cccc(N2CCCC2=O)c1.